The molecular weight excluding hydrogens is 629 g/mol. The van der Waals surface area contributed by atoms with Crippen molar-refractivity contribution in [2.45, 2.75) is 180 Å². The fraction of sp³-hybridized carbons (Fsp3) is 0.842. The highest BCUT2D eigenvalue weighted by Gasteiger charge is 2.25. The number of allylic oxidation sites excluding steroid dienone is 4. The summed E-state index contributed by atoms with van der Waals surface area (Å²) in [5.74, 6) is -0.849. The van der Waals surface area contributed by atoms with Crippen LogP contribution in [0.2, 0.25) is 0 Å². The van der Waals surface area contributed by atoms with Gasteiger partial charge in [-0.3, -0.25) is 18.6 Å². The number of nitrogens with two attached hydrogens (primary N) is 1. The highest BCUT2D eigenvalue weighted by molar-refractivity contribution is 7.47. The molecular formula is C38H72NO8P. The average molecular weight is 702 g/mol. The lowest BCUT2D eigenvalue weighted by atomic mass is 10.1. The first kappa shape index (κ1) is 46.5. The number of hydrogen-bond donors (Lipinski definition) is 2. The summed E-state index contributed by atoms with van der Waals surface area (Å²) in [4.78, 5) is 34.7. The van der Waals surface area contributed by atoms with E-state index < -0.39 is 32.5 Å². The van der Waals surface area contributed by atoms with E-state index in [-0.39, 0.29) is 32.6 Å². The standard InChI is InChI=1S/C38H72NO8P/c1-3-5-7-9-11-13-15-17-18-19-21-23-25-27-29-31-38(41)47-36(35-46-48(42,43)45-33-32-39)34-44-37(40)30-28-26-24-22-20-16-14-12-10-8-6-4-2/h12,14,17-18,36H,3-11,13,15-16,19-35,39H2,1-2H3,(H,42,43)/b14-12-,18-17-/t36-/m1/s1. The highest BCUT2D eigenvalue weighted by atomic mass is 31.2. The number of ether oxygens (including phenoxy) is 2. The number of carbonyl (C=O) groups excluding carboxylic acids is 2. The van der Waals surface area contributed by atoms with Crippen LogP contribution in [0.3, 0.4) is 0 Å². The summed E-state index contributed by atoms with van der Waals surface area (Å²) >= 11 is 0. The molecule has 1 unspecified atom stereocenters. The Morgan fingerprint density at radius 1 is 0.604 bits per heavy atom. The van der Waals surface area contributed by atoms with Crippen molar-refractivity contribution in [1.82, 2.24) is 0 Å². The van der Waals surface area contributed by atoms with Gasteiger partial charge in [-0.2, -0.15) is 0 Å². The number of phosphoric acid groups is 1. The topological polar surface area (TPSA) is 134 Å². The molecule has 0 aromatic heterocycles. The molecule has 3 N–H and O–H groups in total. The van der Waals surface area contributed by atoms with E-state index in [0.29, 0.717) is 6.42 Å². The molecule has 0 saturated heterocycles. The molecule has 0 aromatic rings. The lowest BCUT2D eigenvalue weighted by Crippen LogP contribution is -2.29. The number of esters is 2. The van der Waals surface area contributed by atoms with E-state index in [9.17, 15) is 19.0 Å². The molecule has 0 aliphatic carbocycles. The van der Waals surface area contributed by atoms with Crippen LogP contribution in [-0.4, -0.2) is 49.3 Å². The second kappa shape index (κ2) is 35.3. The number of unbranched alkanes of at least 4 members (excludes halogenated alkanes) is 19. The summed E-state index contributed by atoms with van der Waals surface area (Å²) in [6, 6.07) is 0. The first-order valence-corrected chi connectivity index (χ1v) is 20.8. The zero-order valence-electron chi connectivity index (χ0n) is 30.7. The minimum absolute atomic E-state index is 0.0517. The average Bonchev–Trinajstić information content (AvgIpc) is 3.07. The van der Waals surface area contributed by atoms with Gasteiger partial charge in [-0.05, 0) is 64.2 Å². The maximum Gasteiger partial charge on any atom is 0.472 e. The quantitative estimate of drug-likeness (QED) is 0.0283. The van der Waals surface area contributed by atoms with E-state index in [2.05, 4.69) is 38.2 Å². The second-order valence-corrected chi connectivity index (χ2v) is 14.2. The van der Waals surface area contributed by atoms with Crippen molar-refractivity contribution in [3.8, 4) is 0 Å². The van der Waals surface area contributed by atoms with Gasteiger partial charge in [0.1, 0.15) is 6.61 Å². The summed E-state index contributed by atoms with van der Waals surface area (Å²) in [5, 5.41) is 0. The molecule has 9 nitrogen and oxygen atoms in total. The maximum atomic E-state index is 12.5. The minimum Gasteiger partial charge on any atom is -0.462 e. The Labute approximate surface area is 293 Å². The molecule has 0 aromatic carbocycles. The molecule has 0 fully saturated rings. The van der Waals surface area contributed by atoms with Crippen LogP contribution in [0.1, 0.15) is 174 Å². The summed E-state index contributed by atoms with van der Waals surface area (Å²) in [7, 11) is -4.37. The second-order valence-electron chi connectivity index (χ2n) is 12.8. The van der Waals surface area contributed by atoms with Gasteiger partial charge in [-0.15, -0.1) is 0 Å². The Bertz CT molecular complexity index is 851. The van der Waals surface area contributed by atoms with Crippen molar-refractivity contribution >= 4 is 19.8 Å². The summed E-state index contributed by atoms with van der Waals surface area (Å²) in [6.07, 6.45) is 34.9. The molecule has 0 spiro atoms. The fourth-order valence-corrected chi connectivity index (χ4v) is 5.92. The molecule has 0 bridgehead atoms. The maximum absolute atomic E-state index is 12.5. The SMILES string of the molecule is CCCCC/C=C\CCCCCCCC(=O)OC[C@H](COP(=O)(O)OCCN)OC(=O)CCCCCCC/C=C\CCCCCCCC. The summed E-state index contributed by atoms with van der Waals surface area (Å²) < 4.78 is 32.6. The molecule has 10 heteroatoms. The largest absolute Gasteiger partial charge is 0.472 e. The van der Waals surface area contributed by atoms with E-state index >= 15 is 0 Å². The van der Waals surface area contributed by atoms with Gasteiger partial charge in [0.05, 0.1) is 13.2 Å². The van der Waals surface area contributed by atoms with Crippen molar-refractivity contribution in [1.29, 1.82) is 0 Å². The first-order valence-electron chi connectivity index (χ1n) is 19.3. The third-order valence-corrected chi connectivity index (χ3v) is 9.04. The predicted molar refractivity (Wildman–Crippen MR) is 197 cm³/mol. The van der Waals surface area contributed by atoms with Crippen LogP contribution >= 0.6 is 7.82 Å². The van der Waals surface area contributed by atoms with Crippen LogP contribution in [0.15, 0.2) is 24.3 Å². The highest BCUT2D eigenvalue weighted by Crippen LogP contribution is 2.43. The lowest BCUT2D eigenvalue weighted by Gasteiger charge is -2.19. The Kier molecular flexibility index (Phi) is 34.2. The summed E-state index contributed by atoms with van der Waals surface area (Å²) in [6.45, 7) is 3.67. The van der Waals surface area contributed by atoms with Crippen LogP contribution in [0, 0.1) is 0 Å². The molecule has 0 aliphatic rings. The Morgan fingerprint density at radius 2 is 1.02 bits per heavy atom. The zero-order valence-corrected chi connectivity index (χ0v) is 31.6. The Hall–Kier alpha value is -1.51. The van der Waals surface area contributed by atoms with Gasteiger partial charge < -0.3 is 20.1 Å². The van der Waals surface area contributed by atoms with Crippen LogP contribution in [0.25, 0.3) is 0 Å². The molecule has 0 heterocycles. The third kappa shape index (κ3) is 34.4. The van der Waals surface area contributed by atoms with Gasteiger partial charge in [0.25, 0.3) is 0 Å². The molecule has 0 saturated carbocycles. The molecule has 282 valence electrons. The van der Waals surface area contributed by atoms with Crippen molar-refractivity contribution in [2.24, 2.45) is 5.73 Å². The third-order valence-electron chi connectivity index (χ3n) is 8.06. The molecule has 0 amide bonds. The van der Waals surface area contributed by atoms with Crippen LogP contribution in [0.4, 0.5) is 0 Å². The van der Waals surface area contributed by atoms with E-state index in [0.717, 1.165) is 70.6 Å². The van der Waals surface area contributed by atoms with E-state index in [1.165, 1.54) is 70.6 Å². The van der Waals surface area contributed by atoms with Gasteiger partial charge in [0.15, 0.2) is 6.10 Å². The van der Waals surface area contributed by atoms with Gasteiger partial charge in [0.2, 0.25) is 0 Å². The van der Waals surface area contributed by atoms with Gasteiger partial charge >= 0.3 is 19.8 Å². The molecule has 0 rings (SSSR count). The van der Waals surface area contributed by atoms with Crippen LogP contribution in [-0.2, 0) is 32.7 Å². The van der Waals surface area contributed by atoms with E-state index in [4.69, 9.17) is 24.3 Å². The van der Waals surface area contributed by atoms with Crippen LogP contribution in [0.5, 0.6) is 0 Å². The fourth-order valence-electron chi connectivity index (χ4n) is 5.15. The van der Waals surface area contributed by atoms with Gasteiger partial charge in [-0.1, -0.05) is 122 Å². The predicted octanol–water partition coefficient (Wildman–Crippen LogP) is 10.4. The van der Waals surface area contributed by atoms with E-state index in [1.54, 1.807) is 0 Å². The number of phosphoric ester groups is 1. The lowest BCUT2D eigenvalue weighted by molar-refractivity contribution is -0.161. The van der Waals surface area contributed by atoms with Crippen molar-refractivity contribution < 1.29 is 37.6 Å². The molecule has 0 aliphatic heterocycles. The molecule has 0 radical (unpaired) electrons. The summed E-state index contributed by atoms with van der Waals surface area (Å²) in [5.41, 5.74) is 5.33. The van der Waals surface area contributed by atoms with Crippen molar-refractivity contribution in [2.75, 3.05) is 26.4 Å². The monoisotopic (exact) mass is 701 g/mol. The van der Waals surface area contributed by atoms with Gasteiger partial charge in [-0.25, -0.2) is 4.57 Å². The van der Waals surface area contributed by atoms with Crippen molar-refractivity contribution in [3.05, 3.63) is 24.3 Å². The normalized spacial score (nSPS) is 13.7. The van der Waals surface area contributed by atoms with Crippen molar-refractivity contribution in [3.63, 3.8) is 0 Å². The zero-order chi connectivity index (χ0) is 35.4. The Balaban J connectivity index is 4.24. The smallest absolute Gasteiger partial charge is 0.462 e. The first-order chi connectivity index (χ1) is 23.3. The Morgan fingerprint density at radius 3 is 1.52 bits per heavy atom. The number of rotatable bonds is 36. The number of carbonyl (C=O) groups is 2. The number of hydrogen-bond acceptors (Lipinski definition) is 8. The molecule has 2 atom stereocenters. The minimum atomic E-state index is -4.37. The molecule has 48 heavy (non-hydrogen) atoms. The van der Waals surface area contributed by atoms with E-state index in [1.807, 2.05) is 0 Å². The van der Waals surface area contributed by atoms with Crippen LogP contribution < -0.4 is 5.73 Å². The van der Waals surface area contributed by atoms with Gasteiger partial charge in [0, 0.05) is 19.4 Å².